The predicted molar refractivity (Wildman–Crippen MR) is 99.1 cm³/mol. The Balaban J connectivity index is 1.77. The van der Waals surface area contributed by atoms with Gasteiger partial charge in [-0.1, -0.05) is 66.7 Å². The first-order valence-electron chi connectivity index (χ1n) is 8.11. The number of fused-ring (bicyclic) bond motifs is 1. The average Bonchev–Trinajstić information content (AvgIpc) is 2.99. The highest BCUT2D eigenvalue weighted by atomic mass is 15.4. The molecule has 0 spiro atoms. The summed E-state index contributed by atoms with van der Waals surface area (Å²) in [5.74, 6) is 0.943. The topological polar surface area (TPSA) is 27.6 Å². The molecule has 2 aromatic carbocycles. The zero-order valence-corrected chi connectivity index (χ0v) is 13.6. The number of benzene rings is 2. The molecule has 2 aromatic rings. The van der Waals surface area contributed by atoms with Crippen LogP contribution in [0.25, 0.3) is 5.70 Å². The average molecular weight is 313 g/mol. The third kappa shape index (κ3) is 2.76. The SMILES string of the molecule is CC1=CN2C(N=Cc3ccccc3)=C(c3ccccc3)N[C@H]2C=C1. The molecule has 3 nitrogen and oxygen atoms in total. The fraction of sp³-hybridized carbons (Fsp3) is 0.0952. The van der Waals surface area contributed by atoms with Crippen LogP contribution in [0, 0.1) is 0 Å². The highest BCUT2D eigenvalue weighted by molar-refractivity contribution is 5.82. The molecule has 0 aliphatic carbocycles. The van der Waals surface area contributed by atoms with Gasteiger partial charge in [0.25, 0.3) is 0 Å². The van der Waals surface area contributed by atoms with Crippen LogP contribution in [0.3, 0.4) is 0 Å². The van der Waals surface area contributed by atoms with Crippen molar-refractivity contribution in [3.8, 4) is 0 Å². The normalized spacial score (nSPS) is 19.5. The van der Waals surface area contributed by atoms with E-state index >= 15 is 0 Å². The van der Waals surface area contributed by atoms with E-state index in [2.05, 4.69) is 71.9 Å². The highest BCUT2D eigenvalue weighted by Crippen LogP contribution is 2.31. The van der Waals surface area contributed by atoms with Gasteiger partial charge in [-0.15, -0.1) is 0 Å². The van der Waals surface area contributed by atoms with Gasteiger partial charge in [-0.3, -0.25) is 0 Å². The molecule has 2 aliphatic heterocycles. The lowest BCUT2D eigenvalue weighted by Crippen LogP contribution is -2.33. The van der Waals surface area contributed by atoms with Gasteiger partial charge in [0, 0.05) is 18.0 Å². The van der Waals surface area contributed by atoms with E-state index in [0.29, 0.717) is 0 Å². The van der Waals surface area contributed by atoms with Gasteiger partial charge in [-0.2, -0.15) is 0 Å². The number of nitrogens with one attached hydrogen (secondary N) is 1. The third-order valence-corrected chi connectivity index (χ3v) is 4.14. The molecule has 0 fully saturated rings. The summed E-state index contributed by atoms with van der Waals surface area (Å²) in [5, 5.41) is 3.58. The van der Waals surface area contributed by atoms with E-state index in [1.807, 2.05) is 30.5 Å². The second kappa shape index (κ2) is 6.20. The van der Waals surface area contributed by atoms with Crippen LogP contribution in [0.2, 0.25) is 0 Å². The molecular formula is C21H19N3. The van der Waals surface area contributed by atoms with Gasteiger partial charge in [0.2, 0.25) is 0 Å². The van der Waals surface area contributed by atoms with Crippen molar-refractivity contribution in [3.05, 3.63) is 102 Å². The highest BCUT2D eigenvalue weighted by Gasteiger charge is 2.30. The van der Waals surface area contributed by atoms with Gasteiger partial charge < -0.3 is 10.2 Å². The van der Waals surface area contributed by atoms with Crippen LogP contribution in [0.15, 0.2) is 95.4 Å². The molecule has 0 unspecified atom stereocenters. The quantitative estimate of drug-likeness (QED) is 0.863. The Morgan fingerprint density at radius 1 is 1.00 bits per heavy atom. The largest absolute Gasteiger partial charge is 0.358 e. The van der Waals surface area contributed by atoms with Crippen molar-refractivity contribution < 1.29 is 0 Å². The van der Waals surface area contributed by atoms with Gasteiger partial charge in [0.15, 0.2) is 5.82 Å². The van der Waals surface area contributed by atoms with Gasteiger partial charge in [-0.25, -0.2) is 4.99 Å². The number of allylic oxidation sites excluding steroid dienone is 2. The summed E-state index contributed by atoms with van der Waals surface area (Å²) in [6.07, 6.45) is 8.49. The zero-order valence-electron chi connectivity index (χ0n) is 13.6. The summed E-state index contributed by atoms with van der Waals surface area (Å²) < 4.78 is 0. The first-order valence-corrected chi connectivity index (χ1v) is 8.11. The van der Waals surface area contributed by atoms with Gasteiger partial charge >= 0.3 is 0 Å². The molecule has 2 heterocycles. The monoisotopic (exact) mass is 313 g/mol. The summed E-state index contributed by atoms with van der Waals surface area (Å²) >= 11 is 0. The molecule has 1 atom stereocenters. The van der Waals surface area contributed by atoms with Crippen molar-refractivity contribution in [2.45, 2.75) is 13.1 Å². The van der Waals surface area contributed by atoms with E-state index < -0.39 is 0 Å². The smallest absolute Gasteiger partial charge is 0.158 e. The summed E-state index contributed by atoms with van der Waals surface area (Å²) in [5.41, 5.74) is 4.51. The molecule has 0 amide bonds. The van der Waals surface area contributed by atoms with Gasteiger partial charge in [-0.05, 0) is 24.1 Å². The van der Waals surface area contributed by atoms with E-state index in [-0.39, 0.29) is 6.17 Å². The molecule has 24 heavy (non-hydrogen) atoms. The fourth-order valence-electron chi connectivity index (χ4n) is 2.95. The number of aliphatic imine (C=N–C) groups is 1. The lowest BCUT2D eigenvalue weighted by atomic mass is 10.1. The van der Waals surface area contributed by atoms with Crippen LogP contribution in [-0.2, 0) is 0 Å². The van der Waals surface area contributed by atoms with Crippen molar-refractivity contribution in [1.29, 1.82) is 0 Å². The summed E-state index contributed by atoms with van der Waals surface area (Å²) in [6, 6.07) is 20.5. The van der Waals surface area contributed by atoms with E-state index in [1.165, 1.54) is 5.57 Å². The maximum absolute atomic E-state index is 4.81. The minimum absolute atomic E-state index is 0.117. The van der Waals surface area contributed by atoms with Crippen molar-refractivity contribution in [3.63, 3.8) is 0 Å². The number of nitrogens with zero attached hydrogens (tertiary/aromatic N) is 2. The Kier molecular flexibility index (Phi) is 3.75. The first kappa shape index (κ1) is 14.5. The Labute approximate surface area is 142 Å². The minimum Gasteiger partial charge on any atom is -0.358 e. The van der Waals surface area contributed by atoms with E-state index in [9.17, 15) is 0 Å². The van der Waals surface area contributed by atoms with E-state index in [0.717, 1.165) is 22.6 Å². The second-order valence-corrected chi connectivity index (χ2v) is 5.96. The summed E-state index contributed by atoms with van der Waals surface area (Å²) in [6.45, 7) is 2.10. The molecule has 0 bridgehead atoms. The molecule has 0 aromatic heterocycles. The molecule has 3 heteroatoms. The summed E-state index contributed by atoms with van der Waals surface area (Å²) in [4.78, 5) is 7.00. The molecule has 0 saturated carbocycles. The Morgan fingerprint density at radius 3 is 2.46 bits per heavy atom. The first-order chi connectivity index (χ1) is 11.8. The Hall–Kier alpha value is -3.07. The molecule has 4 rings (SSSR count). The fourth-order valence-corrected chi connectivity index (χ4v) is 2.95. The van der Waals surface area contributed by atoms with E-state index in [1.54, 1.807) is 0 Å². The van der Waals surface area contributed by atoms with Crippen LogP contribution < -0.4 is 5.32 Å². The Morgan fingerprint density at radius 2 is 1.71 bits per heavy atom. The standard InChI is InChI=1S/C21H19N3/c1-16-12-13-19-23-20(18-10-6-3-7-11-18)21(24(19)15-16)22-14-17-8-4-2-5-9-17/h2-15,19,23H,1H3/t19-/m1/s1. The maximum atomic E-state index is 4.81. The van der Waals surface area contributed by atoms with Crippen LogP contribution in [0.5, 0.6) is 0 Å². The van der Waals surface area contributed by atoms with Crippen LogP contribution in [-0.4, -0.2) is 17.3 Å². The molecular weight excluding hydrogens is 294 g/mol. The van der Waals surface area contributed by atoms with Crippen LogP contribution in [0.1, 0.15) is 18.1 Å². The number of hydrogen-bond acceptors (Lipinski definition) is 3. The van der Waals surface area contributed by atoms with Gasteiger partial charge in [0.05, 0.1) is 5.70 Å². The third-order valence-electron chi connectivity index (χ3n) is 4.14. The molecule has 2 aliphatic rings. The zero-order chi connectivity index (χ0) is 16.4. The predicted octanol–water partition coefficient (Wildman–Crippen LogP) is 4.14. The van der Waals surface area contributed by atoms with E-state index in [4.69, 9.17) is 4.99 Å². The lowest BCUT2D eigenvalue weighted by molar-refractivity contribution is 0.395. The molecule has 1 N–H and O–H groups in total. The summed E-state index contributed by atoms with van der Waals surface area (Å²) in [7, 11) is 0. The molecule has 118 valence electrons. The number of rotatable bonds is 3. The van der Waals surface area contributed by atoms with Crippen LogP contribution >= 0.6 is 0 Å². The van der Waals surface area contributed by atoms with Crippen molar-refractivity contribution in [1.82, 2.24) is 10.2 Å². The Bertz CT molecular complexity index is 845. The van der Waals surface area contributed by atoms with Crippen molar-refractivity contribution >= 4 is 11.9 Å². The second-order valence-electron chi connectivity index (χ2n) is 5.96. The molecule has 0 radical (unpaired) electrons. The van der Waals surface area contributed by atoms with Crippen LogP contribution in [0.4, 0.5) is 0 Å². The van der Waals surface area contributed by atoms with Gasteiger partial charge in [0.1, 0.15) is 6.17 Å². The maximum Gasteiger partial charge on any atom is 0.158 e. The lowest BCUT2D eigenvalue weighted by Gasteiger charge is -2.24. The number of hydrogen-bond donors (Lipinski definition) is 1. The molecule has 0 saturated heterocycles. The van der Waals surface area contributed by atoms with Crippen molar-refractivity contribution in [2.24, 2.45) is 4.99 Å². The van der Waals surface area contributed by atoms with Crippen molar-refractivity contribution in [2.75, 3.05) is 0 Å². The minimum atomic E-state index is 0.117.